The standard InChI is InChI=1S/C19H20O2/c1-15(20)7-5-6-10-19(21)18-13-11-17(12-14-18)16-8-3-2-4-9-16/h2-4,8-9,11-14H,5-7,10H2,1H3. The lowest BCUT2D eigenvalue weighted by Gasteiger charge is -2.04. The lowest BCUT2D eigenvalue weighted by atomic mass is 10.00. The number of rotatable bonds is 7. The summed E-state index contributed by atoms with van der Waals surface area (Å²) in [4.78, 5) is 22.9. The van der Waals surface area contributed by atoms with E-state index in [2.05, 4.69) is 12.1 Å². The van der Waals surface area contributed by atoms with Gasteiger partial charge in [-0.25, -0.2) is 0 Å². The lowest BCUT2D eigenvalue weighted by Crippen LogP contribution is -1.99. The summed E-state index contributed by atoms with van der Waals surface area (Å²) in [6.45, 7) is 1.59. The molecule has 108 valence electrons. The second-order valence-corrected chi connectivity index (χ2v) is 5.28. The van der Waals surface area contributed by atoms with Crippen molar-refractivity contribution in [3.63, 3.8) is 0 Å². The van der Waals surface area contributed by atoms with Gasteiger partial charge in [0.1, 0.15) is 5.78 Å². The summed E-state index contributed by atoms with van der Waals surface area (Å²) in [5, 5.41) is 0. The molecule has 0 aliphatic rings. The molecule has 0 aliphatic heterocycles. The predicted octanol–water partition coefficient (Wildman–Crippen LogP) is 4.69. The summed E-state index contributed by atoms with van der Waals surface area (Å²) in [7, 11) is 0. The Kier molecular flexibility index (Phi) is 5.44. The van der Waals surface area contributed by atoms with Gasteiger partial charge in [0.15, 0.2) is 5.78 Å². The molecule has 2 aromatic carbocycles. The number of carbonyl (C=O) groups excluding carboxylic acids is 2. The normalized spacial score (nSPS) is 10.3. The van der Waals surface area contributed by atoms with E-state index in [1.54, 1.807) is 6.92 Å². The van der Waals surface area contributed by atoms with E-state index in [1.165, 1.54) is 0 Å². The van der Waals surface area contributed by atoms with E-state index in [4.69, 9.17) is 0 Å². The van der Waals surface area contributed by atoms with Crippen LogP contribution >= 0.6 is 0 Å². The van der Waals surface area contributed by atoms with Gasteiger partial charge < -0.3 is 4.79 Å². The molecule has 0 radical (unpaired) electrons. The summed E-state index contributed by atoms with van der Waals surface area (Å²) in [5.41, 5.74) is 3.01. The molecule has 0 N–H and O–H groups in total. The Morgan fingerprint density at radius 1 is 0.762 bits per heavy atom. The van der Waals surface area contributed by atoms with Crippen molar-refractivity contribution in [2.45, 2.75) is 32.6 Å². The average molecular weight is 280 g/mol. The molecule has 0 amide bonds. The topological polar surface area (TPSA) is 34.1 Å². The van der Waals surface area contributed by atoms with Crippen LogP contribution in [0.5, 0.6) is 0 Å². The zero-order valence-electron chi connectivity index (χ0n) is 12.3. The van der Waals surface area contributed by atoms with Gasteiger partial charge in [0.05, 0.1) is 0 Å². The van der Waals surface area contributed by atoms with Crippen LogP contribution in [0, 0.1) is 0 Å². The summed E-state index contributed by atoms with van der Waals surface area (Å²) in [6, 6.07) is 17.8. The van der Waals surface area contributed by atoms with Crippen LogP contribution in [0.1, 0.15) is 43.0 Å². The quantitative estimate of drug-likeness (QED) is 0.545. The van der Waals surface area contributed by atoms with Crippen molar-refractivity contribution in [1.29, 1.82) is 0 Å². The van der Waals surface area contributed by atoms with Crippen LogP contribution in [0.3, 0.4) is 0 Å². The highest BCUT2D eigenvalue weighted by molar-refractivity contribution is 5.96. The molecular weight excluding hydrogens is 260 g/mol. The first-order valence-corrected chi connectivity index (χ1v) is 7.35. The fraction of sp³-hybridized carbons (Fsp3) is 0.263. The molecule has 0 saturated heterocycles. The van der Waals surface area contributed by atoms with Crippen molar-refractivity contribution in [1.82, 2.24) is 0 Å². The van der Waals surface area contributed by atoms with Crippen molar-refractivity contribution in [3.8, 4) is 11.1 Å². The first kappa shape index (κ1) is 15.2. The second kappa shape index (κ2) is 7.53. The van der Waals surface area contributed by atoms with Crippen LogP contribution < -0.4 is 0 Å². The molecule has 2 nitrogen and oxygen atoms in total. The monoisotopic (exact) mass is 280 g/mol. The van der Waals surface area contributed by atoms with Crippen molar-refractivity contribution >= 4 is 11.6 Å². The number of carbonyl (C=O) groups is 2. The Morgan fingerprint density at radius 2 is 1.33 bits per heavy atom. The molecular formula is C19H20O2. The third-order valence-corrected chi connectivity index (χ3v) is 3.50. The molecule has 0 fully saturated rings. The van der Waals surface area contributed by atoms with Crippen molar-refractivity contribution in [3.05, 3.63) is 60.2 Å². The predicted molar refractivity (Wildman–Crippen MR) is 85.4 cm³/mol. The highest BCUT2D eigenvalue weighted by Gasteiger charge is 2.06. The Morgan fingerprint density at radius 3 is 1.95 bits per heavy atom. The Bertz CT molecular complexity index is 597. The van der Waals surface area contributed by atoms with Crippen LogP contribution in [0.15, 0.2) is 54.6 Å². The number of ketones is 2. The van der Waals surface area contributed by atoms with Gasteiger partial charge >= 0.3 is 0 Å². The number of benzene rings is 2. The van der Waals surface area contributed by atoms with Crippen LogP contribution in [0.4, 0.5) is 0 Å². The molecule has 0 heterocycles. The van der Waals surface area contributed by atoms with E-state index in [0.29, 0.717) is 12.8 Å². The van der Waals surface area contributed by atoms with Gasteiger partial charge in [0.2, 0.25) is 0 Å². The van der Waals surface area contributed by atoms with Gasteiger partial charge in [-0.3, -0.25) is 4.79 Å². The van der Waals surface area contributed by atoms with E-state index < -0.39 is 0 Å². The van der Waals surface area contributed by atoms with E-state index in [1.807, 2.05) is 42.5 Å². The highest BCUT2D eigenvalue weighted by atomic mass is 16.1. The molecule has 21 heavy (non-hydrogen) atoms. The maximum Gasteiger partial charge on any atom is 0.162 e. The molecule has 0 saturated carbocycles. The molecule has 2 aromatic rings. The molecule has 2 heteroatoms. The van der Waals surface area contributed by atoms with Gasteiger partial charge in [0, 0.05) is 18.4 Å². The van der Waals surface area contributed by atoms with Crippen molar-refractivity contribution in [2.75, 3.05) is 0 Å². The molecule has 0 aromatic heterocycles. The summed E-state index contributed by atoms with van der Waals surface area (Å²) < 4.78 is 0. The zero-order valence-corrected chi connectivity index (χ0v) is 12.3. The number of Topliss-reactive ketones (excluding diaryl/α,β-unsaturated/α-hetero) is 2. The van der Waals surface area contributed by atoms with E-state index in [-0.39, 0.29) is 11.6 Å². The molecule has 0 unspecified atom stereocenters. The first-order chi connectivity index (χ1) is 10.2. The van der Waals surface area contributed by atoms with Gasteiger partial charge in [-0.05, 0) is 30.9 Å². The summed E-state index contributed by atoms with van der Waals surface area (Å²) in [5.74, 6) is 0.341. The molecule has 0 atom stereocenters. The number of hydrogen-bond acceptors (Lipinski definition) is 2. The minimum absolute atomic E-state index is 0.151. The number of hydrogen-bond donors (Lipinski definition) is 0. The van der Waals surface area contributed by atoms with Crippen LogP contribution in [-0.4, -0.2) is 11.6 Å². The zero-order chi connectivity index (χ0) is 15.1. The number of unbranched alkanes of at least 4 members (excludes halogenated alkanes) is 1. The van der Waals surface area contributed by atoms with Crippen LogP contribution in [0.25, 0.3) is 11.1 Å². The van der Waals surface area contributed by atoms with E-state index in [0.717, 1.165) is 29.5 Å². The molecule has 0 bridgehead atoms. The van der Waals surface area contributed by atoms with Gasteiger partial charge in [-0.15, -0.1) is 0 Å². The van der Waals surface area contributed by atoms with Crippen molar-refractivity contribution < 1.29 is 9.59 Å². The fourth-order valence-electron chi connectivity index (χ4n) is 2.28. The van der Waals surface area contributed by atoms with E-state index in [9.17, 15) is 9.59 Å². The third-order valence-electron chi connectivity index (χ3n) is 3.50. The smallest absolute Gasteiger partial charge is 0.162 e. The molecule has 0 aliphatic carbocycles. The fourth-order valence-corrected chi connectivity index (χ4v) is 2.28. The first-order valence-electron chi connectivity index (χ1n) is 7.35. The second-order valence-electron chi connectivity index (χ2n) is 5.28. The summed E-state index contributed by atoms with van der Waals surface area (Å²) in [6.07, 6.45) is 2.65. The van der Waals surface area contributed by atoms with Gasteiger partial charge in [-0.1, -0.05) is 54.6 Å². The maximum absolute atomic E-state index is 12.1. The minimum Gasteiger partial charge on any atom is -0.300 e. The Labute approximate surface area is 125 Å². The minimum atomic E-state index is 0.151. The van der Waals surface area contributed by atoms with Gasteiger partial charge in [-0.2, -0.15) is 0 Å². The molecule has 2 rings (SSSR count). The Hall–Kier alpha value is -2.22. The van der Waals surface area contributed by atoms with Crippen LogP contribution in [-0.2, 0) is 4.79 Å². The van der Waals surface area contributed by atoms with Crippen LogP contribution in [0.2, 0.25) is 0 Å². The highest BCUT2D eigenvalue weighted by Crippen LogP contribution is 2.20. The van der Waals surface area contributed by atoms with Crippen molar-refractivity contribution in [2.24, 2.45) is 0 Å². The maximum atomic E-state index is 12.1. The SMILES string of the molecule is CC(=O)CCCCC(=O)c1ccc(-c2ccccc2)cc1. The molecule has 0 spiro atoms. The summed E-state index contributed by atoms with van der Waals surface area (Å²) >= 11 is 0. The Balaban J connectivity index is 1.93. The van der Waals surface area contributed by atoms with E-state index >= 15 is 0 Å². The largest absolute Gasteiger partial charge is 0.300 e. The third kappa shape index (κ3) is 4.67. The lowest BCUT2D eigenvalue weighted by molar-refractivity contribution is -0.117. The average Bonchev–Trinajstić information content (AvgIpc) is 2.52. The van der Waals surface area contributed by atoms with Gasteiger partial charge in [0.25, 0.3) is 0 Å².